The first-order chi connectivity index (χ1) is 24.7. The van der Waals surface area contributed by atoms with Gasteiger partial charge in [0.25, 0.3) is 0 Å². The van der Waals surface area contributed by atoms with Crippen LogP contribution in [0.15, 0.2) is 0 Å². The average molecular weight is 705 g/mol. The molecule has 0 rings (SSSR count). The van der Waals surface area contributed by atoms with E-state index < -0.39 is 0 Å². The van der Waals surface area contributed by atoms with E-state index in [1.54, 1.807) is 0 Å². The van der Waals surface area contributed by atoms with Crippen molar-refractivity contribution in [3.8, 4) is 0 Å². The Bertz CT molecular complexity index is 548. The second kappa shape index (κ2) is 43.4. The van der Waals surface area contributed by atoms with Crippen LogP contribution in [0.2, 0.25) is 0 Å². The molecule has 0 fully saturated rings. The molecule has 0 radical (unpaired) electrons. The Labute approximate surface area is 320 Å². The maximum Gasteiger partial charge on any atom is 0.0784 e. The molecule has 0 aliphatic carbocycles. The van der Waals surface area contributed by atoms with Gasteiger partial charge in [-0.3, -0.25) is 0 Å². The quantitative estimate of drug-likeness (QED) is 0.0437. The number of rotatable bonds is 45. The lowest BCUT2D eigenvalue weighted by molar-refractivity contribution is -0.910. The van der Waals surface area contributed by atoms with Crippen LogP contribution in [-0.2, 0) is 0 Å². The number of hydrogen-bond donors (Lipinski definition) is 0. The van der Waals surface area contributed by atoms with Crippen LogP contribution in [0.1, 0.15) is 290 Å². The van der Waals surface area contributed by atoms with Crippen molar-refractivity contribution in [2.24, 2.45) is 0 Å². The third-order valence-corrected chi connectivity index (χ3v) is 12.2. The van der Waals surface area contributed by atoms with E-state index in [1.165, 1.54) is 294 Å². The summed E-state index contributed by atoms with van der Waals surface area (Å²) in [6.07, 6.45) is 61.7. The Morgan fingerprint density at radius 1 is 0.180 bits per heavy atom. The Morgan fingerprint density at radius 2 is 0.300 bits per heavy atom. The zero-order valence-electron chi connectivity index (χ0n) is 36.3. The largest absolute Gasteiger partial charge is 0.326 e. The topological polar surface area (TPSA) is 0 Å². The fraction of sp³-hybridized carbons (Fsp3) is 1.00. The van der Waals surface area contributed by atoms with Gasteiger partial charge in [-0.1, -0.05) is 252 Å². The molecule has 0 aromatic rings. The van der Waals surface area contributed by atoms with Crippen molar-refractivity contribution in [1.82, 2.24) is 0 Å². The van der Waals surface area contributed by atoms with Gasteiger partial charge in [0.05, 0.1) is 26.7 Å². The molecule has 0 aromatic carbocycles. The van der Waals surface area contributed by atoms with Gasteiger partial charge in [-0.05, 0) is 38.5 Å². The molecule has 0 amide bonds. The second-order valence-corrected chi connectivity index (χ2v) is 17.6. The van der Waals surface area contributed by atoms with Crippen LogP contribution in [0.5, 0.6) is 0 Å². The van der Waals surface area contributed by atoms with E-state index in [4.69, 9.17) is 0 Å². The summed E-state index contributed by atoms with van der Waals surface area (Å²) in [5.41, 5.74) is 0. The minimum atomic E-state index is 1.37. The Kier molecular flexibility index (Phi) is 43.3. The van der Waals surface area contributed by atoms with Crippen LogP contribution >= 0.6 is 0 Å². The van der Waals surface area contributed by atoms with Crippen molar-refractivity contribution in [3.63, 3.8) is 0 Å². The zero-order chi connectivity index (χ0) is 36.3. The predicted molar refractivity (Wildman–Crippen MR) is 232 cm³/mol. The summed E-state index contributed by atoms with van der Waals surface area (Å²) in [6.45, 7) is 11.3. The molecule has 0 aromatic heterocycles. The van der Waals surface area contributed by atoms with Gasteiger partial charge in [0.1, 0.15) is 0 Å². The van der Waals surface area contributed by atoms with Gasteiger partial charge in [-0.25, -0.2) is 0 Å². The highest BCUT2D eigenvalue weighted by Gasteiger charge is 2.20. The van der Waals surface area contributed by atoms with Gasteiger partial charge >= 0.3 is 0 Å². The molecule has 0 N–H and O–H groups in total. The van der Waals surface area contributed by atoms with E-state index in [2.05, 4.69) is 27.8 Å². The molecular formula is C49H102N+. The van der Waals surface area contributed by atoms with Crippen molar-refractivity contribution in [3.05, 3.63) is 0 Å². The lowest BCUT2D eigenvalue weighted by Gasteiger charge is -2.35. The standard InChI is InChI=1S/C49H102N/c1-5-8-11-14-17-20-23-25-27-29-31-33-36-39-42-45-48-50(4,47-44-41-38-35-22-19-16-13-10-7-3)49-46-43-40-37-34-32-30-28-26-24-21-18-15-12-9-6-2/h5-49H2,1-4H3/q+1. The second-order valence-electron chi connectivity index (χ2n) is 17.6. The number of nitrogens with zero attached hydrogens (tertiary/aromatic N) is 1. The maximum atomic E-state index is 2.63. The Morgan fingerprint density at radius 3 is 0.440 bits per heavy atom. The van der Waals surface area contributed by atoms with Crippen molar-refractivity contribution >= 4 is 0 Å². The fourth-order valence-corrected chi connectivity index (χ4v) is 8.40. The summed E-state index contributed by atoms with van der Waals surface area (Å²) >= 11 is 0. The van der Waals surface area contributed by atoms with Crippen molar-refractivity contribution in [1.29, 1.82) is 0 Å². The average Bonchev–Trinajstić information content (AvgIpc) is 3.12. The van der Waals surface area contributed by atoms with Crippen LogP contribution in [0.25, 0.3) is 0 Å². The molecule has 0 spiro atoms. The smallest absolute Gasteiger partial charge is 0.0784 e. The third kappa shape index (κ3) is 40.7. The molecule has 50 heavy (non-hydrogen) atoms. The van der Waals surface area contributed by atoms with Gasteiger partial charge in [0.2, 0.25) is 0 Å². The molecule has 0 aliphatic heterocycles. The summed E-state index contributed by atoms with van der Waals surface area (Å²) in [6, 6.07) is 0. The van der Waals surface area contributed by atoms with Crippen LogP contribution in [0.4, 0.5) is 0 Å². The third-order valence-electron chi connectivity index (χ3n) is 12.2. The first-order valence-corrected chi connectivity index (χ1v) is 24.5. The van der Waals surface area contributed by atoms with Crippen LogP contribution in [-0.4, -0.2) is 31.2 Å². The van der Waals surface area contributed by atoms with E-state index in [1.807, 2.05) is 0 Å². The highest BCUT2D eigenvalue weighted by Crippen LogP contribution is 2.19. The Balaban J connectivity index is 4.01. The molecule has 0 saturated heterocycles. The van der Waals surface area contributed by atoms with Gasteiger partial charge in [0, 0.05) is 0 Å². The van der Waals surface area contributed by atoms with Crippen molar-refractivity contribution in [2.45, 2.75) is 290 Å². The molecule has 0 bridgehead atoms. The summed E-state index contributed by atoms with van der Waals surface area (Å²) in [7, 11) is 2.63. The first kappa shape index (κ1) is 50.0. The van der Waals surface area contributed by atoms with E-state index in [-0.39, 0.29) is 0 Å². The molecule has 0 saturated carbocycles. The molecule has 302 valence electrons. The van der Waals surface area contributed by atoms with Crippen molar-refractivity contribution < 1.29 is 4.48 Å². The van der Waals surface area contributed by atoms with Gasteiger partial charge in [-0.15, -0.1) is 0 Å². The summed E-state index contributed by atoms with van der Waals surface area (Å²) in [5.74, 6) is 0. The first-order valence-electron chi connectivity index (χ1n) is 24.5. The molecule has 0 heterocycles. The Hall–Kier alpha value is -0.0400. The van der Waals surface area contributed by atoms with E-state index in [0.717, 1.165) is 0 Å². The SMILES string of the molecule is CCCCCCCCCCCCCCCCCC[N+](C)(CCCCCCCCCCCC)CCCCCCCCCCCCCCCCCC. The molecule has 1 nitrogen and oxygen atoms in total. The molecule has 1 heteroatoms. The van der Waals surface area contributed by atoms with Gasteiger partial charge < -0.3 is 4.48 Å². The predicted octanol–water partition coefficient (Wildman–Crippen LogP) is 17.9. The number of hydrogen-bond acceptors (Lipinski definition) is 0. The van der Waals surface area contributed by atoms with Crippen LogP contribution in [0, 0.1) is 0 Å². The minimum absolute atomic E-state index is 1.37. The van der Waals surface area contributed by atoms with Crippen LogP contribution < -0.4 is 0 Å². The zero-order valence-corrected chi connectivity index (χ0v) is 36.3. The molecule has 0 unspecified atom stereocenters. The lowest BCUT2D eigenvalue weighted by Crippen LogP contribution is -2.46. The summed E-state index contributed by atoms with van der Waals surface area (Å²) in [5, 5.41) is 0. The number of unbranched alkanes of at least 4 members (excludes halogenated alkanes) is 39. The fourth-order valence-electron chi connectivity index (χ4n) is 8.40. The summed E-state index contributed by atoms with van der Waals surface area (Å²) in [4.78, 5) is 0. The normalized spacial score (nSPS) is 12.0. The maximum absolute atomic E-state index is 2.63. The van der Waals surface area contributed by atoms with E-state index in [0.29, 0.717) is 0 Å². The van der Waals surface area contributed by atoms with E-state index in [9.17, 15) is 0 Å². The monoisotopic (exact) mass is 705 g/mol. The van der Waals surface area contributed by atoms with Gasteiger partial charge in [-0.2, -0.15) is 0 Å². The molecule has 0 aliphatic rings. The van der Waals surface area contributed by atoms with Gasteiger partial charge in [0.15, 0.2) is 0 Å². The summed E-state index contributed by atoms with van der Waals surface area (Å²) < 4.78 is 1.37. The minimum Gasteiger partial charge on any atom is -0.326 e. The number of quaternary nitrogens is 1. The highest BCUT2D eigenvalue weighted by atomic mass is 15.3. The molecule has 0 atom stereocenters. The van der Waals surface area contributed by atoms with Crippen LogP contribution in [0.3, 0.4) is 0 Å². The molecular weight excluding hydrogens is 603 g/mol. The van der Waals surface area contributed by atoms with Crippen molar-refractivity contribution in [2.75, 3.05) is 26.7 Å². The lowest BCUT2D eigenvalue weighted by atomic mass is 10.0. The highest BCUT2D eigenvalue weighted by molar-refractivity contribution is 4.54. The van der Waals surface area contributed by atoms with E-state index >= 15 is 0 Å².